The smallest absolute Gasteiger partial charge is 0.0936 e. The van der Waals surface area contributed by atoms with Gasteiger partial charge in [0.1, 0.15) is 0 Å². The van der Waals surface area contributed by atoms with Crippen molar-refractivity contribution < 1.29 is 0 Å². The minimum atomic E-state index is 0.0562. The predicted molar refractivity (Wildman–Crippen MR) is 99.4 cm³/mol. The van der Waals surface area contributed by atoms with Gasteiger partial charge in [-0.1, -0.05) is 24.9 Å². The lowest BCUT2D eigenvalue weighted by Crippen LogP contribution is -2.61. The van der Waals surface area contributed by atoms with Gasteiger partial charge < -0.3 is 16.4 Å². The van der Waals surface area contributed by atoms with E-state index in [0.717, 1.165) is 6.42 Å². The Morgan fingerprint density at radius 1 is 1.30 bits per heavy atom. The Kier molecular flexibility index (Phi) is 4.76. The lowest BCUT2D eigenvalue weighted by Gasteiger charge is -2.46. The Morgan fingerprint density at radius 2 is 2.04 bits per heavy atom. The average molecular weight is 336 g/mol. The summed E-state index contributed by atoms with van der Waals surface area (Å²) < 4.78 is 3.55. The van der Waals surface area contributed by atoms with Crippen molar-refractivity contribution in [3.05, 3.63) is 23.0 Å². The second-order valence-corrected chi connectivity index (χ2v) is 7.65. The molecule has 0 aromatic carbocycles. The van der Waals surface area contributed by atoms with Crippen LogP contribution in [-0.4, -0.2) is 42.2 Å². The van der Waals surface area contributed by atoms with Crippen molar-refractivity contribution in [2.24, 2.45) is 16.6 Å². The second-order valence-electron chi connectivity index (χ2n) is 7.01. The Morgan fingerprint density at radius 3 is 2.65 bits per heavy atom. The van der Waals surface area contributed by atoms with Crippen LogP contribution < -0.4 is 21.1 Å². The quantitative estimate of drug-likeness (QED) is 0.589. The maximum atomic E-state index is 6.64. The van der Waals surface area contributed by atoms with Gasteiger partial charge in [0.2, 0.25) is 0 Å². The zero-order valence-corrected chi connectivity index (χ0v) is 15.5. The summed E-state index contributed by atoms with van der Waals surface area (Å²) in [4.78, 5) is 4.99. The molecular formula is C17H29N5S. The van der Waals surface area contributed by atoms with E-state index in [4.69, 9.17) is 10.7 Å². The van der Waals surface area contributed by atoms with E-state index in [9.17, 15) is 0 Å². The van der Waals surface area contributed by atoms with E-state index in [0.29, 0.717) is 12.0 Å². The van der Waals surface area contributed by atoms with Gasteiger partial charge in [0.15, 0.2) is 0 Å². The van der Waals surface area contributed by atoms with Crippen LogP contribution in [0.4, 0.5) is 0 Å². The highest BCUT2D eigenvalue weighted by atomic mass is 32.2. The van der Waals surface area contributed by atoms with Crippen LogP contribution in [0, 0.1) is 5.92 Å². The molecule has 5 N–H and O–H groups in total. The normalized spacial score (nSPS) is 40.1. The first-order valence-electron chi connectivity index (χ1n) is 8.46. The lowest BCUT2D eigenvalue weighted by atomic mass is 9.74. The summed E-state index contributed by atoms with van der Waals surface area (Å²) in [5, 5.41) is 7.35. The maximum Gasteiger partial charge on any atom is 0.0936 e. The number of hydrogen-bond donors (Lipinski definition) is 4. The van der Waals surface area contributed by atoms with Gasteiger partial charge in [0.25, 0.3) is 0 Å². The molecule has 0 aromatic rings. The Labute approximate surface area is 143 Å². The van der Waals surface area contributed by atoms with Gasteiger partial charge in [0.05, 0.1) is 24.2 Å². The summed E-state index contributed by atoms with van der Waals surface area (Å²) in [7, 11) is 0. The monoisotopic (exact) mass is 335 g/mol. The van der Waals surface area contributed by atoms with Crippen LogP contribution in [0.3, 0.4) is 0 Å². The van der Waals surface area contributed by atoms with E-state index in [-0.39, 0.29) is 24.2 Å². The number of rotatable bonds is 3. The zero-order chi connectivity index (χ0) is 16.7. The molecule has 23 heavy (non-hydrogen) atoms. The molecular weight excluding hydrogens is 306 g/mol. The van der Waals surface area contributed by atoms with E-state index >= 15 is 0 Å². The van der Waals surface area contributed by atoms with Gasteiger partial charge >= 0.3 is 0 Å². The molecule has 0 spiro atoms. The fourth-order valence-electron chi connectivity index (χ4n) is 3.91. The molecule has 0 bridgehead atoms. The summed E-state index contributed by atoms with van der Waals surface area (Å²) in [6, 6.07) is 0.961. The van der Waals surface area contributed by atoms with E-state index in [1.807, 2.05) is 0 Å². The van der Waals surface area contributed by atoms with Crippen LogP contribution in [0.5, 0.6) is 0 Å². The standard InChI is InChI=1S/C17H29N5S/c1-8-6-7-12(19-8)13-16(22-23-5)14(18)9(2)15-17(13)21-11(4)10(3)20-15/h6,9,11-12,14-16,19,21-22H,7,18H2,1-5H3. The SMILES string of the molecule is CSNC1C(C2CC=C(C)N2)=C2NC(C)C(C)=NC2C(C)C1N. The Balaban J connectivity index is 2.06. The van der Waals surface area contributed by atoms with Gasteiger partial charge in [-0.15, -0.1) is 0 Å². The zero-order valence-electron chi connectivity index (χ0n) is 14.7. The highest BCUT2D eigenvalue weighted by Gasteiger charge is 2.45. The summed E-state index contributed by atoms with van der Waals surface area (Å²) in [6.45, 7) is 8.64. The predicted octanol–water partition coefficient (Wildman–Crippen LogP) is 1.54. The third kappa shape index (κ3) is 2.92. The molecule has 0 radical (unpaired) electrons. The minimum Gasteiger partial charge on any atom is -0.382 e. The molecule has 3 rings (SSSR count). The molecule has 6 atom stereocenters. The molecule has 0 saturated heterocycles. The summed E-state index contributed by atoms with van der Waals surface area (Å²) in [5.74, 6) is 0.309. The maximum absolute atomic E-state index is 6.64. The van der Waals surface area contributed by atoms with Crippen molar-refractivity contribution in [3.8, 4) is 0 Å². The third-order valence-corrected chi connectivity index (χ3v) is 5.94. The summed E-state index contributed by atoms with van der Waals surface area (Å²) in [5.41, 5.74) is 11.7. The molecule has 6 heteroatoms. The van der Waals surface area contributed by atoms with Crippen molar-refractivity contribution in [1.29, 1.82) is 0 Å². The number of allylic oxidation sites excluding steroid dienone is 1. The van der Waals surface area contributed by atoms with Crippen molar-refractivity contribution >= 4 is 17.7 Å². The van der Waals surface area contributed by atoms with Crippen LogP contribution in [0.1, 0.15) is 34.1 Å². The molecule has 128 valence electrons. The fraction of sp³-hybridized carbons (Fsp3) is 0.706. The lowest BCUT2D eigenvalue weighted by molar-refractivity contribution is 0.309. The van der Waals surface area contributed by atoms with Gasteiger partial charge in [-0.2, -0.15) is 0 Å². The van der Waals surface area contributed by atoms with E-state index in [1.165, 1.54) is 22.7 Å². The molecule has 2 aliphatic heterocycles. The molecule has 0 aromatic heterocycles. The van der Waals surface area contributed by atoms with Gasteiger partial charge in [-0.3, -0.25) is 9.71 Å². The number of aliphatic imine (C=N–C) groups is 1. The number of nitrogens with one attached hydrogen (secondary N) is 3. The highest BCUT2D eigenvalue weighted by Crippen LogP contribution is 2.36. The van der Waals surface area contributed by atoms with Crippen LogP contribution >= 0.6 is 11.9 Å². The van der Waals surface area contributed by atoms with Crippen LogP contribution in [0.15, 0.2) is 28.0 Å². The van der Waals surface area contributed by atoms with Crippen LogP contribution in [-0.2, 0) is 0 Å². The molecule has 2 heterocycles. The summed E-state index contributed by atoms with van der Waals surface area (Å²) in [6.07, 6.45) is 5.36. The minimum absolute atomic E-state index is 0.0562. The molecule has 0 amide bonds. The Bertz CT molecular complexity index is 567. The number of fused-ring (bicyclic) bond motifs is 1. The Hall–Kier alpha value is -0.980. The number of nitrogens with two attached hydrogens (primary N) is 1. The molecule has 0 fully saturated rings. The van der Waals surface area contributed by atoms with Crippen molar-refractivity contribution in [3.63, 3.8) is 0 Å². The number of hydrogen-bond acceptors (Lipinski definition) is 6. The topological polar surface area (TPSA) is 74.5 Å². The molecule has 3 aliphatic rings. The molecule has 1 aliphatic carbocycles. The third-order valence-electron chi connectivity index (χ3n) is 5.46. The highest BCUT2D eigenvalue weighted by molar-refractivity contribution is 7.96. The van der Waals surface area contributed by atoms with Gasteiger partial charge in [0, 0.05) is 29.1 Å². The molecule has 5 nitrogen and oxygen atoms in total. The van der Waals surface area contributed by atoms with E-state index < -0.39 is 0 Å². The van der Waals surface area contributed by atoms with Crippen molar-refractivity contribution in [1.82, 2.24) is 15.4 Å². The first-order valence-corrected chi connectivity index (χ1v) is 9.68. The van der Waals surface area contributed by atoms with Crippen molar-refractivity contribution in [2.75, 3.05) is 6.26 Å². The number of nitrogens with zero attached hydrogens (tertiary/aromatic N) is 1. The van der Waals surface area contributed by atoms with E-state index in [2.05, 4.69) is 55.4 Å². The summed E-state index contributed by atoms with van der Waals surface area (Å²) >= 11 is 1.65. The first-order chi connectivity index (χ1) is 10.9. The average Bonchev–Trinajstić information content (AvgIpc) is 2.93. The van der Waals surface area contributed by atoms with Gasteiger partial charge in [-0.25, -0.2) is 0 Å². The first kappa shape index (κ1) is 16.9. The molecule has 0 saturated carbocycles. The van der Waals surface area contributed by atoms with Crippen molar-refractivity contribution in [2.45, 2.75) is 64.3 Å². The van der Waals surface area contributed by atoms with Crippen LogP contribution in [0.25, 0.3) is 0 Å². The second kappa shape index (κ2) is 6.49. The van der Waals surface area contributed by atoms with E-state index in [1.54, 1.807) is 11.9 Å². The van der Waals surface area contributed by atoms with Crippen LogP contribution in [0.2, 0.25) is 0 Å². The largest absolute Gasteiger partial charge is 0.382 e. The van der Waals surface area contributed by atoms with Gasteiger partial charge in [-0.05, 0) is 39.0 Å². The molecule has 6 unspecified atom stereocenters. The fourth-order valence-corrected chi connectivity index (χ4v) is 4.45.